The smallest absolute Gasteiger partial charge is 0.268 e. The second-order valence-corrected chi connectivity index (χ2v) is 4.51. The van der Waals surface area contributed by atoms with Gasteiger partial charge in [-0.1, -0.05) is 12.1 Å². The number of benzene rings is 1. The molecule has 0 aliphatic rings. The zero-order valence-electron chi connectivity index (χ0n) is 11.7. The van der Waals surface area contributed by atoms with Crippen LogP contribution in [-0.2, 0) is 13.6 Å². The molecule has 2 aromatic rings. The van der Waals surface area contributed by atoms with Gasteiger partial charge < -0.3 is 14.6 Å². The highest BCUT2D eigenvalue weighted by Crippen LogP contribution is 2.06. The summed E-state index contributed by atoms with van der Waals surface area (Å²) in [6.45, 7) is 0.177. The van der Waals surface area contributed by atoms with Gasteiger partial charge in [0.05, 0.1) is 13.3 Å². The molecule has 0 aliphatic heterocycles. The number of methoxy groups -OCH3 is 1. The minimum Gasteiger partial charge on any atom is -0.491 e. The molecule has 1 aromatic carbocycles. The maximum Gasteiger partial charge on any atom is 0.268 e. The fourth-order valence-corrected chi connectivity index (χ4v) is 1.91. The summed E-state index contributed by atoms with van der Waals surface area (Å²) in [6.07, 6.45) is 1.44. The van der Waals surface area contributed by atoms with E-state index in [1.807, 2.05) is 0 Å². The van der Waals surface area contributed by atoms with Crippen LogP contribution in [0, 0.1) is 5.82 Å². The molecule has 0 saturated heterocycles. The van der Waals surface area contributed by atoms with Crippen molar-refractivity contribution in [2.75, 3.05) is 7.11 Å². The van der Waals surface area contributed by atoms with Crippen molar-refractivity contribution in [3.63, 3.8) is 0 Å². The number of carbonyl (C=O) groups is 1. The Morgan fingerprint density at radius 2 is 2.14 bits per heavy atom. The van der Waals surface area contributed by atoms with Gasteiger partial charge in [-0.15, -0.1) is 0 Å². The molecule has 0 radical (unpaired) electrons. The standard InChI is InChI=1S/C15H15FN2O3/c1-18-9-14(21-2)13(19)7-12(18)15(20)17-8-10-4-3-5-11(16)6-10/h3-7,9H,8H2,1-2H3,(H,17,20). The SMILES string of the molecule is COc1cn(C)c(C(=O)NCc2cccc(F)c2)cc1=O. The summed E-state index contributed by atoms with van der Waals surface area (Å²) in [7, 11) is 3.03. The molecule has 0 atom stereocenters. The fraction of sp³-hybridized carbons (Fsp3) is 0.200. The van der Waals surface area contributed by atoms with E-state index in [9.17, 15) is 14.0 Å². The Morgan fingerprint density at radius 3 is 2.81 bits per heavy atom. The van der Waals surface area contributed by atoms with Crippen molar-refractivity contribution in [2.24, 2.45) is 7.05 Å². The average molecular weight is 290 g/mol. The number of halogens is 1. The first-order valence-corrected chi connectivity index (χ1v) is 6.28. The van der Waals surface area contributed by atoms with E-state index in [1.165, 1.54) is 36.1 Å². The Morgan fingerprint density at radius 1 is 1.38 bits per heavy atom. The zero-order valence-corrected chi connectivity index (χ0v) is 11.7. The molecule has 0 aliphatic carbocycles. The van der Waals surface area contributed by atoms with Crippen LogP contribution < -0.4 is 15.5 Å². The lowest BCUT2D eigenvalue weighted by atomic mass is 10.2. The molecule has 2 rings (SSSR count). The molecule has 1 aromatic heterocycles. The van der Waals surface area contributed by atoms with E-state index in [2.05, 4.69) is 5.32 Å². The number of ether oxygens (including phenoxy) is 1. The first-order valence-electron chi connectivity index (χ1n) is 6.28. The van der Waals surface area contributed by atoms with Gasteiger partial charge in [0.2, 0.25) is 5.43 Å². The van der Waals surface area contributed by atoms with Gasteiger partial charge in [-0.3, -0.25) is 9.59 Å². The van der Waals surface area contributed by atoms with Crippen molar-refractivity contribution in [3.05, 3.63) is 63.8 Å². The predicted octanol–water partition coefficient (Wildman–Crippen LogP) is 1.46. The van der Waals surface area contributed by atoms with Gasteiger partial charge in [0.1, 0.15) is 11.5 Å². The van der Waals surface area contributed by atoms with Crippen molar-refractivity contribution in [2.45, 2.75) is 6.54 Å². The van der Waals surface area contributed by atoms with Crippen LogP contribution in [0.5, 0.6) is 5.75 Å². The third-order valence-electron chi connectivity index (χ3n) is 3.00. The second kappa shape index (κ2) is 6.21. The molecule has 1 N–H and O–H groups in total. The van der Waals surface area contributed by atoms with Gasteiger partial charge in [0.25, 0.3) is 5.91 Å². The fourth-order valence-electron chi connectivity index (χ4n) is 1.91. The molecule has 0 saturated carbocycles. The highest BCUT2D eigenvalue weighted by Gasteiger charge is 2.12. The van der Waals surface area contributed by atoms with Gasteiger partial charge in [0, 0.05) is 19.7 Å². The number of aryl methyl sites for hydroxylation is 1. The molecule has 0 unspecified atom stereocenters. The molecule has 21 heavy (non-hydrogen) atoms. The quantitative estimate of drug-likeness (QED) is 0.927. The van der Waals surface area contributed by atoms with E-state index >= 15 is 0 Å². The largest absolute Gasteiger partial charge is 0.491 e. The third-order valence-corrected chi connectivity index (χ3v) is 3.00. The first-order chi connectivity index (χ1) is 10.0. The molecule has 5 nitrogen and oxygen atoms in total. The topological polar surface area (TPSA) is 60.3 Å². The van der Waals surface area contributed by atoms with E-state index in [0.717, 1.165) is 0 Å². The van der Waals surface area contributed by atoms with Crippen LogP contribution in [0.15, 0.2) is 41.3 Å². The molecule has 1 heterocycles. The van der Waals surface area contributed by atoms with E-state index in [-0.39, 0.29) is 29.2 Å². The number of hydrogen-bond acceptors (Lipinski definition) is 3. The molecular formula is C15H15FN2O3. The first kappa shape index (κ1) is 14.8. The summed E-state index contributed by atoms with van der Waals surface area (Å²) in [5.41, 5.74) is 0.477. The van der Waals surface area contributed by atoms with Gasteiger partial charge in [-0.05, 0) is 17.7 Å². The Labute approximate surface area is 121 Å². The van der Waals surface area contributed by atoms with Crippen LogP contribution in [0.3, 0.4) is 0 Å². The highest BCUT2D eigenvalue weighted by atomic mass is 19.1. The number of rotatable bonds is 4. The predicted molar refractivity (Wildman–Crippen MR) is 75.8 cm³/mol. The summed E-state index contributed by atoms with van der Waals surface area (Å²) in [5.74, 6) is -0.612. The average Bonchev–Trinajstić information content (AvgIpc) is 2.46. The molecule has 110 valence electrons. The summed E-state index contributed by atoms with van der Waals surface area (Å²) < 4.78 is 19.4. The molecule has 0 bridgehead atoms. The number of amides is 1. The van der Waals surface area contributed by atoms with Crippen molar-refractivity contribution < 1.29 is 13.9 Å². The van der Waals surface area contributed by atoms with Crippen molar-refractivity contribution >= 4 is 5.91 Å². The van der Waals surface area contributed by atoms with E-state index in [4.69, 9.17) is 4.74 Å². The summed E-state index contributed by atoms with van der Waals surface area (Å²) in [4.78, 5) is 23.7. The molecular weight excluding hydrogens is 275 g/mol. The van der Waals surface area contributed by atoms with E-state index in [1.54, 1.807) is 19.2 Å². The van der Waals surface area contributed by atoms with Crippen LogP contribution in [0.25, 0.3) is 0 Å². The minimum atomic E-state index is -0.415. The summed E-state index contributed by atoms with van der Waals surface area (Å²) in [5, 5.41) is 2.64. The maximum absolute atomic E-state index is 13.0. The maximum atomic E-state index is 13.0. The van der Waals surface area contributed by atoms with Gasteiger partial charge in [-0.2, -0.15) is 0 Å². The van der Waals surface area contributed by atoms with Gasteiger partial charge >= 0.3 is 0 Å². The second-order valence-electron chi connectivity index (χ2n) is 4.51. The number of nitrogens with zero attached hydrogens (tertiary/aromatic N) is 1. The van der Waals surface area contributed by atoms with Crippen LogP contribution >= 0.6 is 0 Å². The Hall–Kier alpha value is -2.63. The number of hydrogen-bond donors (Lipinski definition) is 1. The minimum absolute atomic E-state index is 0.166. The Balaban J connectivity index is 2.14. The zero-order chi connectivity index (χ0) is 15.4. The van der Waals surface area contributed by atoms with Crippen LogP contribution in [-0.4, -0.2) is 17.6 Å². The monoisotopic (exact) mass is 290 g/mol. The van der Waals surface area contributed by atoms with Gasteiger partial charge in [-0.25, -0.2) is 4.39 Å². The number of pyridine rings is 1. The van der Waals surface area contributed by atoms with E-state index < -0.39 is 5.91 Å². The number of carbonyl (C=O) groups excluding carboxylic acids is 1. The van der Waals surface area contributed by atoms with Gasteiger partial charge in [0.15, 0.2) is 5.75 Å². The molecule has 0 spiro atoms. The summed E-state index contributed by atoms with van der Waals surface area (Å²) in [6, 6.07) is 7.15. The van der Waals surface area contributed by atoms with Crippen molar-refractivity contribution in [1.29, 1.82) is 0 Å². The van der Waals surface area contributed by atoms with Crippen molar-refractivity contribution in [1.82, 2.24) is 9.88 Å². The lowest BCUT2D eigenvalue weighted by Gasteiger charge is -2.10. The normalized spacial score (nSPS) is 10.2. The van der Waals surface area contributed by atoms with Crippen LogP contribution in [0.1, 0.15) is 16.1 Å². The molecule has 0 fully saturated rings. The number of nitrogens with one attached hydrogen (secondary N) is 1. The van der Waals surface area contributed by atoms with Crippen LogP contribution in [0.4, 0.5) is 4.39 Å². The molecule has 6 heteroatoms. The molecule has 1 amide bonds. The van der Waals surface area contributed by atoms with Crippen LogP contribution in [0.2, 0.25) is 0 Å². The highest BCUT2D eigenvalue weighted by molar-refractivity contribution is 5.92. The lowest BCUT2D eigenvalue weighted by Crippen LogP contribution is -2.27. The van der Waals surface area contributed by atoms with Crippen molar-refractivity contribution in [3.8, 4) is 5.75 Å². The third kappa shape index (κ3) is 3.47. The number of aromatic nitrogens is 1. The lowest BCUT2D eigenvalue weighted by molar-refractivity contribution is 0.0941. The Bertz CT molecular complexity index is 725. The summed E-state index contributed by atoms with van der Waals surface area (Å²) >= 11 is 0. The Kier molecular flexibility index (Phi) is 4.37. The van der Waals surface area contributed by atoms with E-state index in [0.29, 0.717) is 5.56 Å².